The summed E-state index contributed by atoms with van der Waals surface area (Å²) in [4.78, 5) is 16.4. The van der Waals surface area contributed by atoms with Crippen LogP contribution in [0.2, 0.25) is 0 Å². The smallest absolute Gasteiger partial charge is 0.347 e. The van der Waals surface area contributed by atoms with Crippen LogP contribution in [0.15, 0.2) is 36.4 Å². The molecule has 0 bridgehead atoms. The molecule has 1 heterocycles. The van der Waals surface area contributed by atoms with Crippen LogP contribution in [0.1, 0.15) is 28.5 Å². The van der Waals surface area contributed by atoms with Crippen LogP contribution in [0.5, 0.6) is 11.6 Å². The minimum Gasteiger partial charge on any atom is -0.496 e. The Kier molecular flexibility index (Phi) is 5.36. The quantitative estimate of drug-likeness (QED) is 0.767. The molecular formula is C17H19NO4. The molecule has 0 radical (unpaired) electrons. The fraction of sp³-hybridized carbons (Fsp3) is 0.294. The van der Waals surface area contributed by atoms with E-state index in [0.29, 0.717) is 18.1 Å². The molecule has 0 N–H and O–H groups in total. The van der Waals surface area contributed by atoms with E-state index < -0.39 is 5.97 Å². The van der Waals surface area contributed by atoms with Crippen molar-refractivity contribution in [1.29, 1.82) is 0 Å². The summed E-state index contributed by atoms with van der Waals surface area (Å²) >= 11 is 0. The first kappa shape index (κ1) is 15.8. The molecule has 116 valence electrons. The highest BCUT2D eigenvalue weighted by molar-refractivity contribution is 5.95. The van der Waals surface area contributed by atoms with Gasteiger partial charge in [0.05, 0.1) is 13.7 Å². The monoisotopic (exact) mass is 301 g/mol. The fourth-order valence-corrected chi connectivity index (χ4v) is 2.00. The lowest BCUT2D eigenvalue weighted by Gasteiger charge is -2.14. The average Bonchev–Trinajstić information content (AvgIpc) is 2.53. The van der Waals surface area contributed by atoms with Gasteiger partial charge in [-0.3, -0.25) is 0 Å². The van der Waals surface area contributed by atoms with Gasteiger partial charge in [0.1, 0.15) is 12.4 Å². The Hall–Kier alpha value is -2.56. The average molecular weight is 301 g/mol. The largest absolute Gasteiger partial charge is 0.496 e. The summed E-state index contributed by atoms with van der Waals surface area (Å²) in [7, 11) is 1.50. The van der Waals surface area contributed by atoms with Crippen LogP contribution in [-0.2, 0) is 11.3 Å². The predicted molar refractivity (Wildman–Crippen MR) is 82.3 cm³/mol. The number of ether oxygens (including phenoxy) is 3. The Morgan fingerprint density at radius 3 is 2.59 bits per heavy atom. The lowest BCUT2D eigenvalue weighted by atomic mass is 10.2. The van der Waals surface area contributed by atoms with Crippen molar-refractivity contribution in [1.82, 2.24) is 4.98 Å². The Balaban J connectivity index is 2.31. The van der Waals surface area contributed by atoms with Crippen molar-refractivity contribution in [3.8, 4) is 11.6 Å². The van der Waals surface area contributed by atoms with Gasteiger partial charge < -0.3 is 14.2 Å². The third kappa shape index (κ3) is 3.75. The Morgan fingerprint density at radius 2 is 1.95 bits per heavy atom. The maximum absolute atomic E-state index is 12.1. The molecule has 5 heteroatoms. The highest BCUT2D eigenvalue weighted by Gasteiger charge is 2.22. The van der Waals surface area contributed by atoms with E-state index in [0.717, 1.165) is 5.56 Å². The van der Waals surface area contributed by atoms with Crippen LogP contribution in [0, 0.1) is 6.92 Å². The van der Waals surface area contributed by atoms with Crippen molar-refractivity contribution in [2.24, 2.45) is 0 Å². The molecule has 0 spiro atoms. The van der Waals surface area contributed by atoms with Gasteiger partial charge in [-0.25, -0.2) is 9.78 Å². The SMILES string of the molecule is CCOC(=O)c1c(OC)cc(C)nc1OCc1ccccc1. The second-order valence-electron chi connectivity index (χ2n) is 4.64. The predicted octanol–water partition coefficient (Wildman–Crippen LogP) is 3.15. The molecule has 5 nitrogen and oxygen atoms in total. The van der Waals surface area contributed by atoms with E-state index in [-0.39, 0.29) is 18.1 Å². The third-order valence-corrected chi connectivity index (χ3v) is 3.00. The summed E-state index contributed by atoms with van der Waals surface area (Å²) in [5.74, 6) is 0.114. The lowest BCUT2D eigenvalue weighted by molar-refractivity contribution is 0.0516. The zero-order valence-corrected chi connectivity index (χ0v) is 13.0. The standard InChI is InChI=1S/C17H19NO4/c1-4-21-17(19)15-14(20-3)10-12(2)18-16(15)22-11-13-8-6-5-7-9-13/h5-10H,4,11H2,1-3H3. The highest BCUT2D eigenvalue weighted by Crippen LogP contribution is 2.29. The van der Waals surface area contributed by atoms with Crippen LogP contribution >= 0.6 is 0 Å². The zero-order valence-electron chi connectivity index (χ0n) is 13.0. The van der Waals surface area contributed by atoms with Crippen molar-refractivity contribution in [2.75, 3.05) is 13.7 Å². The summed E-state index contributed by atoms with van der Waals surface area (Å²) in [5, 5.41) is 0. The van der Waals surface area contributed by atoms with Crippen LogP contribution in [0.4, 0.5) is 0 Å². The van der Waals surface area contributed by atoms with Crippen molar-refractivity contribution in [3.63, 3.8) is 0 Å². The third-order valence-electron chi connectivity index (χ3n) is 3.00. The van der Waals surface area contributed by atoms with Crippen LogP contribution in [0.3, 0.4) is 0 Å². The van der Waals surface area contributed by atoms with Crippen molar-refractivity contribution in [2.45, 2.75) is 20.5 Å². The van der Waals surface area contributed by atoms with E-state index in [9.17, 15) is 4.79 Å². The summed E-state index contributed by atoms with van der Waals surface area (Å²) in [6.07, 6.45) is 0. The molecule has 0 aliphatic carbocycles. The van der Waals surface area contributed by atoms with E-state index in [1.807, 2.05) is 37.3 Å². The van der Waals surface area contributed by atoms with Gasteiger partial charge in [-0.15, -0.1) is 0 Å². The van der Waals surface area contributed by atoms with E-state index in [1.165, 1.54) is 7.11 Å². The Bertz CT molecular complexity index is 641. The molecular weight excluding hydrogens is 282 g/mol. The van der Waals surface area contributed by atoms with Crippen molar-refractivity contribution in [3.05, 3.63) is 53.2 Å². The number of esters is 1. The van der Waals surface area contributed by atoms with E-state index in [4.69, 9.17) is 14.2 Å². The number of pyridine rings is 1. The molecule has 1 aromatic heterocycles. The van der Waals surface area contributed by atoms with Crippen molar-refractivity contribution < 1.29 is 19.0 Å². The maximum Gasteiger partial charge on any atom is 0.347 e. The number of aromatic nitrogens is 1. The number of carbonyl (C=O) groups excluding carboxylic acids is 1. The molecule has 0 saturated heterocycles. The molecule has 0 amide bonds. The second kappa shape index (κ2) is 7.45. The highest BCUT2D eigenvalue weighted by atomic mass is 16.5. The molecule has 0 aliphatic rings. The number of rotatable bonds is 6. The van der Waals surface area contributed by atoms with Gasteiger partial charge in [0.25, 0.3) is 0 Å². The first-order valence-corrected chi connectivity index (χ1v) is 7.05. The minimum atomic E-state index is -0.505. The number of hydrogen-bond acceptors (Lipinski definition) is 5. The van der Waals surface area contributed by atoms with Crippen LogP contribution < -0.4 is 9.47 Å². The number of carbonyl (C=O) groups is 1. The van der Waals surface area contributed by atoms with Gasteiger partial charge in [0.2, 0.25) is 5.88 Å². The number of benzene rings is 1. The molecule has 22 heavy (non-hydrogen) atoms. The summed E-state index contributed by atoms with van der Waals surface area (Å²) in [6.45, 7) is 4.14. The molecule has 0 atom stereocenters. The van der Waals surface area contributed by atoms with Gasteiger partial charge in [0.15, 0.2) is 5.56 Å². The number of aryl methyl sites for hydroxylation is 1. The maximum atomic E-state index is 12.1. The van der Waals surface area contributed by atoms with Gasteiger partial charge >= 0.3 is 5.97 Å². The Morgan fingerprint density at radius 1 is 1.23 bits per heavy atom. The van der Waals surface area contributed by atoms with E-state index in [2.05, 4.69) is 4.98 Å². The summed E-state index contributed by atoms with van der Waals surface area (Å²) < 4.78 is 16.1. The molecule has 0 aliphatic heterocycles. The molecule has 2 rings (SSSR count). The number of hydrogen-bond donors (Lipinski definition) is 0. The van der Waals surface area contributed by atoms with Crippen molar-refractivity contribution >= 4 is 5.97 Å². The molecule has 0 fully saturated rings. The van der Waals surface area contributed by atoms with Gasteiger partial charge in [-0.2, -0.15) is 0 Å². The second-order valence-corrected chi connectivity index (χ2v) is 4.64. The van der Waals surface area contributed by atoms with Crippen LogP contribution in [0.25, 0.3) is 0 Å². The first-order chi connectivity index (χ1) is 10.7. The van der Waals surface area contributed by atoms with Crippen LogP contribution in [-0.4, -0.2) is 24.7 Å². The fourth-order valence-electron chi connectivity index (χ4n) is 2.00. The van der Waals surface area contributed by atoms with Gasteiger partial charge in [-0.05, 0) is 19.4 Å². The molecule has 2 aromatic rings. The van der Waals surface area contributed by atoms with E-state index in [1.54, 1.807) is 13.0 Å². The molecule has 0 saturated carbocycles. The summed E-state index contributed by atoms with van der Waals surface area (Å²) in [5.41, 5.74) is 1.90. The zero-order chi connectivity index (χ0) is 15.9. The molecule has 1 aromatic carbocycles. The summed E-state index contributed by atoms with van der Waals surface area (Å²) in [6, 6.07) is 11.3. The molecule has 0 unspecified atom stereocenters. The normalized spacial score (nSPS) is 10.1. The Labute approximate surface area is 129 Å². The van der Waals surface area contributed by atoms with E-state index >= 15 is 0 Å². The number of methoxy groups -OCH3 is 1. The number of nitrogens with zero attached hydrogens (tertiary/aromatic N) is 1. The first-order valence-electron chi connectivity index (χ1n) is 7.05. The topological polar surface area (TPSA) is 57.7 Å². The lowest BCUT2D eigenvalue weighted by Crippen LogP contribution is -2.12. The minimum absolute atomic E-state index is 0.214. The van der Waals surface area contributed by atoms with Gasteiger partial charge in [0, 0.05) is 11.8 Å². The van der Waals surface area contributed by atoms with Gasteiger partial charge in [-0.1, -0.05) is 30.3 Å².